The number of methoxy groups -OCH3 is 1. The highest BCUT2D eigenvalue weighted by Crippen LogP contribution is 2.24. The molecule has 2 aromatic rings. The van der Waals surface area contributed by atoms with Gasteiger partial charge in [-0.25, -0.2) is 0 Å². The predicted octanol–water partition coefficient (Wildman–Crippen LogP) is 1.55. The molecule has 1 aromatic heterocycles. The highest BCUT2D eigenvalue weighted by molar-refractivity contribution is 6.01. The Labute approximate surface area is 115 Å². The summed E-state index contributed by atoms with van der Waals surface area (Å²) in [6, 6.07) is 9.21. The van der Waals surface area contributed by atoms with E-state index in [0.717, 1.165) is 5.56 Å². The summed E-state index contributed by atoms with van der Waals surface area (Å²) in [6.45, 7) is 1.45. The second-order valence-corrected chi connectivity index (χ2v) is 4.09. The Balaban J connectivity index is 2.26. The molecule has 1 heterocycles. The van der Waals surface area contributed by atoms with E-state index in [1.54, 1.807) is 6.92 Å². The molecule has 0 spiro atoms. The third kappa shape index (κ3) is 2.85. The first kappa shape index (κ1) is 13.8. The van der Waals surface area contributed by atoms with E-state index in [-0.39, 0.29) is 6.54 Å². The number of nitrogens with one attached hydrogen (secondary N) is 1. The zero-order chi connectivity index (χ0) is 14.5. The van der Waals surface area contributed by atoms with Gasteiger partial charge in [-0.1, -0.05) is 35.5 Å². The van der Waals surface area contributed by atoms with Gasteiger partial charge in [-0.15, -0.1) is 0 Å². The summed E-state index contributed by atoms with van der Waals surface area (Å²) in [5.74, 6) is -0.548. The molecule has 0 saturated carbocycles. The number of hydrogen-bond donors (Lipinski definition) is 1. The van der Waals surface area contributed by atoms with Gasteiger partial charge >= 0.3 is 5.97 Å². The van der Waals surface area contributed by atoms with Crippen LogP contribution in [0.3, 0.4) is 0 Å². The van der Waals surface area contributed by atoms with E-state index in [4.69, 9.17) is 4.52 Å². The molecule has 0 radical (unpaired) electrons. The lowest BCUT2D eigenvalue weighted by Crippen LogP contribution is -2.30. The molecule has 0 saturated heterocycles. The number of carbonyl (C=O) groups excluding carboxylic acids is 2. The molecule has 1 N–H and O–H groups in total. The molecule has 20 heavy (non-hydrogen) atoms. The van der Waals surface area contributed by atoms with Crippen LogP contribution in [0.4, 0.5) is 0 Å². The Morgan fingerprint density at radius 1 is 1.30 bits per heavy atom. The first-order valence-electron chi connectivity index (χ1n) is 6.00. The summed E-state index contributed by atoms with van der Waals surface area (Å²) in [4.78, 5) is 23.2. The molecule has 0 fully saturated rings. The maximum absolute atomic E-state index is 12.1. The van der Waals surface area contributed by atoms with Crippen molar-refractivity contribution in [3.05, 3.63) is 41.7 Å². The van der Waals surface area contributed by atoms with Crippen molar-refractivity contribution in [1.29, 1.82) is 0 Å². The van der Waals surface area contributed by atoms with Crippen LogP contribution in [-0.2, 0) is 9.53 Å². The fourth-order valence-corrected chi connectivity index (χ4v) is 1.75. The smallest absolute Gasteiger partial charge is 0.325 e. The van der Waals surface area contributed by atoms with Crippen LogP contribution in [0.1, 0.15) is 16.1 Å². The van der Waals surface area contributed by atoms with Crippen molar-refractivity contribution in [2.24, 2.45) is 0 Å². The second kappa shape index (κ2) is 6.01. The molecule has 1 amide bonds. The van der Waals surface area contributed by atoms with Gasteiger partial charge in [0.1, 0.15) is 23.6 Å². The van der Waals surface area contributed by atoms with Crippen LogP contribution in [0.5, 0.6) is 0 Å². The number of ether oxygens (including phenoxy) is 1. The highest BCUT2D eigenvalue weighted by atomic mass is 16.5. The maximum atomic E-state index is 12.1. The maximum Gasteiger partial charge on any atom is 0.325 e. The Morgan fingerprint density at radius 3 is 2.65 bits per heavy atom. The van der Waals surface area contributed by atoms with E-state index in [1.807, 2.05) is 30.3 Å². The number of aromatic nitrogens is 1. The second-order valence-electron chi connectivity index (χ2n) is 4.09. The average Bonchev–Trinajstić information content (AvgIpc) is 2.87. The summed E-state index contributed by atoms with van der Waals surface area (Å²) >= 11 is 0. The van der Waals surface area contributed by atoms with Crippen LogP contribution < -0.4 is 5.32 Å². The van der Waals surface area contributed by atoms with Gasteiger partial charge in [-0.2, -0.15) is 0 Å². The lowest BCUT2D eigenvalue weighted by Gasteiger charge is -2.04. The molecule has 104 valence electrons. The minimum atomic E-state index is -0.520. The van der Waals surface area contributed by atoms with Gasteiger partial charge < -0.3 is 14.6 Å². The number of rotatable bonds is 4. The quantitative estimate of drug-likeness (QED) is 0.855. The summed E-state index contributed by atoms with van der Waals surface area (Å²) in [5.41, 5.74) is 1.54. The monoisotopic (exact) mass is 274 g/mol. The number of hydrogen-bond acceptors (Lipinski definition) is 5. The number of nitrogens with zero attached hydrogens (tertiary/aromatic N) is 1. The Morgan fingerprint density at radius 2 is 2.00 bits per heavy atom. The molecule has 0 unspecified atom stereocenters. The first-order valence-corrected chi connectivity index (χ1v) is 6.00. The van der Waals surface area contributed by atoms with Gasteiger partial charge in [0.25, 0.3) is 5.91 Å². The molecule has 6 nitrogen and oxygen atoms in total. The molecule has 0 aliphatic carbocycles. The number of esters is 1. The largest absolute Gasteiger partial charge is 0.468 e. The molecule has 6 heteroatoms. The number of aryl methyl sites for hydroxylation is 1. The van der Waals surface area contributed by atoms with Crippen LogP contribution in [0.25, 0.3) is 11.3 Å². The Kier molecular flexibility index (Phi) is 4.14. The zero-order valence-corrected chi connectivity index (χ0v) is 11.2. The molecule has 0 atom stereocenters. The zero-order valence-electron chi connectivity index (χ0n) is 11.2. The number of amides is 1. The van der Waals surface area contributed by atoms with Gasteiger partial charge in [-0.05, 0) is 6.92 Å². The van der Waals surface area contributed by atoms with Crippen LogP contribution in [0, 0.1) is 6.92 Å². The van der Waals surface area contributed by atoms with Gasteiger partial charge in [0.15, 0.2) is 0 Å². The van der Waals surface area contributed by atoms with Gasteiger partial charge in [0.05, 0.1) is 7.11 Å². The van der Waals surface area contributed by atoms with E-state index in [1.165, 1.54) is 7.11 Å². The van der Waals surface area contributed by atoms with E-state index in [9.17, 15) is 9.59 Å². The number of benzene rings is 1. The molecule has 0 bridgehead atoms. The van der Waals surface area contributed by atoms with E-state index < -0.39 is 11.9 Å². The average molecular weight is 274 g/mol. The Bertz CT molecular complexity index is 619. The highest BCUT2D eigenvalue weighted by Gasteiger charge is 2.21. The van der Waals surface area contributed by atoms with Crippen LogP contribution in [0.15, 0.2) is 34.9 Å². The lowest BCUT2D eigenvalue weighted by molar-refractivity contribution is -0.139. The third-order valence-electron chi connectivity index (χ3n) is 2.76. The van der Waals surface area contributed by atoms with Crippen molar-refractivity contribution in [1.82, 2.24) is 10.5 Å². The molecule has 0 aliphatic rings. The van der Waals surface area contributed by atoms with Crippen molar-refractivity contribution in [2.45, 2.75) is 6.92 Å². The van der Waals surface area contributed by atoms with E-state index in [0.29, 0.717) is 17.0 Å². The normalized spacial score (nSPS) is 10.1. The fourth-order valence-electron chi connectivity index (χ4n) is 1.75. The minimum absolute atomic E-state index is 0.200. The summed E-state index contributed by atoms with van der Waals surface area (Å²) < 4.78 is 9.55. The Hall–Kier alpha value is -2.63. The molecule has 1 aromatic carbocycles. The van der Waals surface area contributed by atoms with Crippen molar-refractivity contribution in [3.8, 4) is 11.3 Å². The standard InChI is InChI=1S/C14H14N2O4/c1-9-12(14(18)15-8-11(17)19-2)13(16-20-9)10-6-4-3-5-7-10/h3-7H,8H2,1-2H3,(H,15,18). The fraction of sp³-hybridized carbons (Fsp3) is 0.214. The lowest BCUT2D eigenvalue weighted by atomic mass is 10.1. The first-order chi connectivity index (χ1) is 9.63. The van der Waals surface area contributed by atoms with Gasteiger partial charge in [0, 0.05) is 5.56 Å². The van der Waals surface area contributed by atoms with Crippen LogP contribution in [-0.4, -0.2) is 30.7 Å². The molecule has 2 rings (SSSR count). The van der Waals surface area contributed by atoms with E-state index in [2.05, 4.69) is 15.2 Å². The minimum Gasteiger partial charge on any atom is -0.468 e. The van der Waals surface area contributed by atoms with Crippen molar-refractivity contribution in [3.63, 3.8) is 0 Å². The van der Waals surface area contributed by atoms with E-state index >= 15 is 0 Å². The third-order valence-corrected chi connectivity index (χ3v) is 2.76. The molecular weight excluding hydrogens is 260 g/mol. The number of carbonyl (C=O) groups is 2. The summed E-state index contributed by atoms with van der Waals surface area (Å²) in [5, 5.41) is 6.38. The predicted molar refractivity (Wildman–Crippen MR) is 71.0 cm³/mol. The van der Waals surface area contributed by atoms with Crippen molar-refractivity contribution < 1.29 is 18.8 Å². The van der Waals surface area contributed by atoms with Crippen LogP contribution >= 0.6 is 0 Å². The SMILES string of the molecule is COC(=O)CNC(=O)c1c(-c2ccccc2)noc1C. The van der Waals surface area contributed by atoms with Crippen LogP contribution in [0.2, 0.25) is 0 Å². The summed E-state index contributed by atoms with van der Waals surface area (Å²) in [7, 11) is 1.26. The van der Waals surface area contributed by atoms with Crippen molar-refractivity contribution in [2.75, 3.05) is 13.7 Å². The van der Waals surface area contributed by atoms with Gasteiger partial charge in [-0.3, -0.25) is 9.59 Å². The van der Waals surface area contributed by atoms with Gasteiger partial charge in [0.2, 0.25) is 0 Å². The topological polar surface area (TPSA) is 81.4 Å². The molecule has 0 aliphatic heterocycles. The van der Waals surface area contributed by atoms with Crippen molar-refractivity contribution >= 4 is 11.9 Å². The summed E-state index contributed by atoms with van der Waals surface area (Å²) in [6.07, 6.45) is 0. The molecular formula is C14H14N2O4.